The van der Waals surface area contributed by atoms with Gasteiger partial charge < -0.3 is 14.4 Å². The lowest BCUT2D eigenvalue weighted by Crippen LogP contribution is -2.42. The molecule has 1 aromatic heterocycles. The number of aromatic nitrogens is 1. The van der Waals surface area contributed by atoms with E-state index in [0.29, 0.717) is 31.1 Å². The van der Waals surface area contributed by atoms with Gasteiger partial charge in [-0.05, 0) is 24.3 Å². The first-order chi connectivity index (χ1) is 13.1. The number of rotatable bonds is 4. The number of thiazole rings is 1. The van der Waals surface area contributed by atoms with Gasteiger partial charge in [-0.3, -0.25) is 4.79 Å². The molecule has 0 spiro atoms. The molecule has 1 saturated heterocycles. The smallest absolute Gasteiger partial charge is 0.274 e. The zero-order valence-electron chi connectivity index (χ0n) is 14.9. The summed E-state index contributed by atoms with van der Waals surface area (Å²) in [5.41, 5.74) is 0.971. The van der Waals surface area contributed by atoms with Crippen LogP contribution in [-0.2, 0) is 0 Å². The first kappa shape index (κ1) is 17.7. The van der Waals surface area contributed by atoms with E-state index in [1.165, 1.54) is 23.5 Å². The van der Waals surface area contributed by atoms with Crippen LogP contribution in [0.25, 0.3) is 10.2 Å². The Labute approximate surface area is 160 Å². The largest absolute Gasteiger partial charge is 0.497 e. The van der Waals surface area contributed by atoms with Crippen molar-refractivity contribution in [2.75, 3.05) is 20.2 Å². The maximum Gasteiger partial charge on any atom is 0.274 e. The van der Waals surface area contributed by atoms with Crippen molar-refractivity contribution >= 4 is 27.5 Å². The second-order valence-corrected chi connectivity index (χ2v) is 7.40. The van der Waals surface area contributed by atoms with E-state index in [9.17, 15) is 9.18 Å². The molecule has 5 nitrogen and oxygen atoms in total. The number of benzene rings is 2. The monoisotopic (exact) mass is 386 g/mol. The second kappa shape index (κ2) is 7.52. The number of likely N-dealkylation sites (tertiary alicyclic amines) is 1. The van der Waals surface area contributed by atoms with Crippen LogP contribution in [0.2, 0.25) is 0 Å². The number of hydrogen-bond donors (Lipinski definition) is 0. The third-order valence-corrected chi connectivity index (χ3v) is 5.60. The van der Waals surface area contributed by atoms with E-state index in [2.05, 4.69) is 4.98 Å². The summed E-state index contributed by atoms with van der Waals surface area (Å²) in [4.78, 5) is 18.7. The summed E-state index contributed by atoms with van der Waals surface area (Å²) >= 11 is 1.50. The minimum atomic E-state index is -0.481. The fraction of sp³-hybridized carbons (Fsp3) is 0.300. The summed E-state index contributed by atoms with van der Waals surface area (Å²) in [5.74, 6) is 0.0173. The zero-order chi connectivity index (χ0) is 18.8. The summed E-state index contributed by atoms with van der Waals surface area (Å²) in [6.45, 7) is 1.08. The van der Waals surface area contributed by atoms with Crippen molar-refractivity contribution in [1.82, 2.24) is 9.88 Å². The Morgan fingerprint density at radius 2 is 2.00 bits per heavy atom. The van der Waals surface area contributed by atoms with Gasteiger partial charge in [-0.1, -0.05) is 23.5 Å². The second-order valence-electron chi connectivity index (χ2n) is 6.40. The standard InChI is InChI=1S/C20H19FN2O3S/c1-25-14-6-7-18-17(12-14)22-20(27-18)26-13-8-10-23(11-9-13)19(24)15-4-2-3-5-16(15)21/h2-7,12-13H,8-11H2,1H3. The van der Waals surface area contributed by atoms with Crippen molar-refractivity contribution < 1.29 is 18.7 Å². The number of carbonyl (C=O) groups excluding carboxylic acids is 1. The number of methoxy groups -OCH3 is 1. The molecule has 0 atom stereocenters. The SMILES string of the molecule is COc1ccc2sc(OC3CCN(C(=O)c4ccccc4F)CC3)nc2c1. The zero-order valence-corrected chi connectivity index (χ0v) is 15.7. The highest BCUT2D eigenvalue weighted by atomic mass is 32.1. The summed E-state index contributed by atoms with van der Waals surface area (Å²) in [7, 11) is 1.63. The number of halogens is 1. The van der Waals surface area contributed by atoms with Gasteiger partial charge in [0.1, 0.15) is 17.7 Å². The average molecular weight is 386 g/mol. The van der Waals surface area contributed by atoms with Gasteiger partial charge in [0.15, 0.2) is 0 Å². The van der Waals surface area contributed by atoms with Crippen molar-refractivity contribution in [3.63, 3.8) is 0 Å². The molecule has 0 N–H and O–H groups in total. The van der Waals surface area contributed by atoms with Crippen LogP contribution in [0.5, 0.6) is 10.9 Å². The van der Waals surface area contributed by atoms with Crippen molar-refractivity contribution in [2.45, 2.75) is 18.9 Å². The van der Waals surface area contributed by atoms with Crippen LogP contribution in [0.3, 0.4) is 0 Å². The Bertz CT molecular complexity index is 967. The Kier molecular flexibility index (Phi) is 4.94. The van der Waals surface area contributed by atoms with E-state index in [1.807, 2.05) is 18.2 Å². The third kappa shape index (κ3) is 3.73. The number of piperidine rings is 1. The molecule has 0 radical (unpaired) electrons. The molecule has 0 bridgehead atoms. The van der Waals surface area contributed by atoms with Gasteiger partial charge in [-0.25, -0.2) is 9.37 Å². The van der Waals surface area contributed by atoms with Gasteiger partial charge in [0.05, 0.1) is 22.9 Å². The lowest BCUT2D eigenvalue weighted by atomic mass is 10.1. The Morgan fingerprint density at radius 3 is 2.74 bits per heavy atom. The van der Waals surface area contributed by atoms with Gasteiger partial charge in [0, 0.05) is 32.0 Å². The van der Waals surface area contributed by atoms with Crippen molar-refractivity contribution in [3.05, 3.63) is 53.8 Å². The molecule has 1 aliphatic rings. The molecule has 0 saturated carbocycles. The molecule has 7 heteroatoms. The molecule has 140 valence electrons. The minimum absolute atomic E-state index is 0.00266. The van der Waals surface area contributed by atoms with E-state index in [-0.39, 0.29) is 17.6 Å². The summed E-state index contributed by atoms with van der Waals surface area (Å²) in [6.07, 6.45) is 1.39. The number of ether oxygens (including phenoxy) is 2. The van der Waals surface area contributed by atoms with E-state index in [4.69, 9.17) is 9.47 Å². The Morgan fingerprint density at radius 1 is 1.22 bits per heavy atom. The lowest BCUT2D eigenvalue weighted by molar-refractivity contribution is 0.0591. The first-order valence-electron chi connectivity index (χ1n) is 8.79. The van der Waals surface area contributed by atoms with Crippen LogP contribution >= 0.6 is 11.3 Å². The Balaban J connectivity index is 1.38. The molecule has 3 aromatic rings. The van der Waals surface area contributed by atoms with Crippen LogP contribution in [0.1, 0.15) is 23.2 Å². The molecule has 0 aliphatic carbocycles. The van der Waals surface area contributed by atoms with Crippen molar-refractivity contribution in [2.24, 2.45) is 0 Å². The molecule has 2 heterocycles. The van der Waals surface area contributed by atoms with E-state index in [1.54, 1.807) is 24.1 Å². The number of carbonyl (C=O) groups is 1. The first-order valence-corrected chi connectivity index (χ1v) is 9.61. The quantitative estimate of drug-likeness (QED) is 0.677. The fourth-order valence-corrected chi connectivity index (χ4v) is 4.05. The summed E-state index contributed by atoms with van der Waals surface area (Å²) < 4.78 is 26.1. The number of hydrogen-bond acceptors (Lipinski definition) is 5. The van der Waals surface area contributed by atoms with Crippen LogP contribution in [-0.4, -0.2) is 42.1 Å². The van der Waals surface area contributed by atoms with E-state index < -0.39 is 5.82 Å². The molecule has 27 heavy (non-hydrogen) atoms. The van der Waals surface area contributed by atoms with Gasteiger partial charge in [0.25, 0.3) is 11.1 Å². The normalized spacial score (nSPS) is 15.1. The van der Waals surface area contributed by atoms with Crippen LogP contribution < -0.4 is 9.47 Å². The topological polar surface area (TPSA) is 51.7 Å². The molecule has 1 amide bonds. The maximum absolute atomic E-state index is 13.8. The highest BCUT2D eigenvalue weighted by molar-refractivity contribution is 7.20. The van der Waals surface area contributed by atoms with Gasteiger partial charge in [-0.2, -0.15) is 0 Å². The number of nitrogens with zero attached hydrogens (tertiary/aromatic N) is 2. The molecular weight excluding hydrogens is 367 g/mol. The fourth-order valence-electron chi connectivity index (χ4n) is 3.19. The van der Waals surface area contributed by atoms with Crippen molar-refractivity contribution in [1.29, 1.82) is 0 Å². The summed E-state index contributed by atoms with van der Waals surface area (Å²) in [5, 5.41) is 0.622. The van der Waals surface area contributed by atoms with Gasteiger partial charge in [-0.15, -0.1) is 0 Å². The van der Waals surface area contributed by atoms with Crippen LogP contribution in [0.4, 0.5) is 4.39 Å². The molecule has 2 aromatic carbocycles. The maximum atomic E-state index is 13.8. The number of fused-ring (bicyclic) bond motifs is 1. The van der Waals surface area contributed by atoms with Crippen molar-refractivity contribution in [3.8, 4) is 10.9 Å². The lowest BCUT2D eigenvalue weighted by Gasteiger charge is -2.31. The average Bonchev–Trinajstić information content (AvgIpc) is 3.09. The molecule has 1 fully saturated rings. The Hall–Kier alpha value is -2.67. The highest BCUT2D eigenvalue weighted by Gasteiger charge is 2.26. The van der Waals surface area contributed by atoms with Gasteiger partial charge in [0.2, 0.25) is 0 Å². The van der Waals surface area contributed by atoms with Gasteiger partial charge >= 0.3 is 0 Å². The van der Waals surface area contributed by atoms with Crippen LogP contribution in [0.15, 0.2) is 42.5 Å². The molecular formula is C20H19FN2O3S. The number of amides is 1. The van der Waals surface area contributed by atoms with Crippen LogP contribution in [0, 0.1) is 5.82 Å². The van der Waals surface area contributed by atoms with E-state index >= 15 is 0 Å². The minimum Gasteiger partial charge on any atom is -0.497 e. The molecule has 1 aliphatic heterocycles. The van der Waals surface area contributed by atoms with E-state index in [0.717, 1.165) is 16.0 Å². The predicted octanol–water partition coefficient (Wildman–Crippen LogP) is 4.13. The highest BCUT2D eigenvalue weighted by Crippen LogP contribution is 2.32. The predicted molar refractivity (Wildman–Crippen MR) is 102 cm³/mol. The molecule has 4 rings (SSSR count). The molecule has 0 unspecified atom stereocenters. The third-order valence-electron chi connectivity index (χ3n) is 4.68. The summed E-state index contributed by atoms with van der Waals surface area (Å²) in [6, 6.07) is 11.8.